The molecule has 3 N–H and O–H groups in total. The van der Waals surface area contributed by atoms with E-state index in [1.165, 1.54) is 11.3 Å². The van der Waals surface area contributed by atoms with Gasteiger partial charge in [0.25, 0.3) is 5.91 Å². The van der Waals surface area contributed by atoms with Gasteiger partial charge in [0, 0.05) is 4.88 Å². The normalized spacial score (nSPS) is 22.7. The summed E-state index contributed by atoms with van der Waals surface area (Å²) in [6, 6.07) is 2.31. The first-order valence-corrected chi connectivity index (χ1v) is 8.12. The number of hydrogen-bond acceptors (Lipinski definition) is 5. The fourth-order valence-electron chi connectivity index (χ4n) is 3.07. The van der Waals surface area contributed by atoms with Crippen LogP contribution < -0.4 is 5.32 Å². The van der Waals surface area contributed by atoms with Crippen LogP contribution in [0.3, 0.4) is 0 Å². The zero-order valence-corrected chi connectivity index (χ0v) is 13.2. The fourth-order valence-corrected chi connectivity index (χ4v) is 3.77. The molecule has 2 aliphatic rings. The second-order valence-corrected chi connectivity index (χ2v) is 6.59. The Hall–Kier alpha value is -2.68. The third-order valence-electron chi connectivity index (χ3n) is 4.13. The van der Waals surface area contributed by atoms with Crippen molar-refractivity contribution in [1.29, 1.82) is 0 Å². The number of rotatable bonds is 5. The molecule has 1 fully saturated rings. The highest BCUT2D eigenvalue weighted by Gasteiger charge is 2.54. The number of β-lactam (4-membered cyclic amide) rings is 1. The van der Waals surface area contributed by atoms with Crippen molar-refractivity contribution in [3.63, 3.8) is 0 Å². The monoisotopic (exact) mass is 350 g/mol. The molecule has 0 unspecified atom stereocenters. The molecule has 24 heavy (non-hydrogen) atoms. The maximum Gasteiger partial charge on any atom is 0.353 e. The second kappa shape index (κ2) is 6.08. The Morgan fingerprint density at radius 2 is 2.04 bits per heavy atom. The molecule has 1 saturated heterocycles. The van der Waals surface area contributed by atoms with Crippen LogP contribution in [0.15, 0.2) is 28.8 Å². The lowest BCUT2D eigenvalue weighted by Crippen LogP contribution is -2.71. The third kappa shape index (κ3) is 2.67. The van der Waals surface area contributed by atoms with E-state index in [2.05, 4.69) is 5.32 Å². The fraction of sp³-hybridized carbons (Fsp3) is 0.333. The molecule has 2 amide bonds. The number of carboxylic acids is 2. The van der Waals surface area contributed by atoms with Gasteiger partial charge in [0.05, 0.1) is 18.0 Å². The van der Waals surface area contributed by atoms with Gasteiger partial charge in [-0.15, -0.1) is 11.3 Å². The Labute approximate surface area is 140 Å². The molecule has 9 heteroatoms. The van der Waals surface area contributed by atoms with Gasteiger partial charge in [-0.25, -0.2) is 9.59 Å². The van der Waals surface area contributed by atoms with Gasteiger partial charge < -0.3 is 15.5 Å². The molecule has 1 aromatic rings. The number of fused-ring (bicyclic) bond motifs is 1. The number of carbonyl (C=O) groups is 4. The lowest BCUT2D eigenvalue weighted by atomic mass is 9.83. The Kier molecular flexibility index (Phi) is 4.10. The number of nitrogens with zero attached hydrogens (tertiary/aromatic N) is 1. The summed E-state index contributed by atoms with van der Waals surface area (Å²) in [5.41, 5.74) is -0.775. The van der Waals surface area contributed by atoms with Crippen LogP contribution in [0.2, 0.25) is 0 Å². The minimum absolute atomic E-state index is 0.0444. The van der Waals surface area contributed by atoms with E-state index in [1.807, 2.05) is 17.5 Å². The standard InChI is InChI=1S/C15H14N2O6S/c18-10(6-7-2-1-5-24-7)16-11-9-4-3-8(14(20)21)12(15(22)23)17(9)13(11)19/h1-2,5,9,11H,3-4,6H2,(H,16,18)(H,20,21)(H,22,23)/t9-,11+/m1/s1. The first-order chi connectivity index (χ1) is 11.4. The zero-order valence-electron chi connectivity index (χ0n) is 12.4. The van der Waals surface area contributed by atoms with Gasteiger partial charge in [-0.3, -0.25) is 14.5 Å². The molecule has 8 nitrogen and oxygen atoms in total. The van der Waals surface area contributed by atoms with Crippen molar-refractivity contribution in [1.82, 2.24) is 10.2 Å². The van der Waals surface area contributed by atoms with Crippen LogP contribution in [0.1, 0.15) is 17.7 Å². The van der Waals surface area contributed by atoms with E-state index in [0.29, 0.717) is 6.42 Å². The maximum atomic E-state index is 12.2. The van der Waals surface area contributed by atoms with E-state index in [1.54, 1.807) is 0 Å². The molecule has 0 bridgehead atoms. The van der Waals surface area contributed by atoms with E-state index < -0.39 is 35.6 Å². The van der Waals surface area contributed by atoms with Crippen molar-refractivity contribution in [2.45, 2.75) is 31.3 Å². The summed E-state index contributed by atoms with van der Waals surface area (Å²) in [5, 5.41) is 22.8. The third-order valence-corrected chi connectivity index (χ3v) is 5.01. The van der Waals surface area contributed by atoms with Crippen molar-refractivity contribution in [3.05, 3.63) is 33.7 Å². The van der Waals surface area contributed by atoms with Gasteiger partial charge in [0.2, 0.25) is 5.91 Å². The summed E-state index contributed by atoms with van der Waals surface area (Å²) in [7, 11) is 0. The number of aliphatic carboxylic acids is 2. The average molecular weight is 350 g/mol. The Morgan fingerprint density at radius 3 is 2.62 bits per heavy atom. The van der Waals surface area contributed by atoms with Gasteiger partial charge in [-0.1, -0.05) is 6.07 Å². The summed E-state index contributed by atoms with van der Waals surface area (Å²) in [6.07, 6.45) is 0.493. The van der Waals surface area contributed by atoms with Gasteiger partial charge in [-0.05, 0) is 24.3 Å². The van der Waals surface area contributed by atoms with Crippen molar-refractivity contribution in [3.8, 4) is 0 Å². The first kappa shape index (κ1) is 16.2. The highest BCUT2D eigenvalue weighted by Crippen LogP contribution is 2.36. The van der Waals surface area contributed by atoms with E-state index in [-0.39, 0.29) is 24.3 Å². The van der Waals surface area contributed by atoms with Crippen molar-refractivity contribution in [2.24, 2.45) is 0 Å². The topological polar surface area (TPSA) is 124 Å². The van der Waals surface area contributed by atoms with Crippen LogP contribution in [0.25, 0.3) is 0 Å². The summed E-state index contributed by atoms with van der Waals surface area (Å²) in [6.45, 7) is 0. The summed E-state index contributed by atoms with van der Waals surface area (Å²) >= 11 is 1.43. The van der Waals surface area contributed by atoms with Crippen LogP contribution in [-0.4, -0.2) is 50.9 Å². The molecule has 2 aliphatic heterocycles. The van der Waals surface area contributed by atoms with Gasteiger partial charge in [-0.2, -0.15) is 0 Å². The molecule has 0 spiro atoms. The maximum absolute atomic E-state index is 12.2. The van der Waals surface area contributed by atoms with E-state index in [4.69, 9.17) is 5.11 Å². The van der Waals surface area contributed by atoms with Gasteiger partial charge >= 0.3 is 11.9 Å². The number of carbonyl (C=O) groups excluding carboxylic acids is 2. The molecule has 126 valence electrons. The predicted octanol–water partition coefficient (Wildman–Crippen LogP) is 0.203. The highest BCUT2D eigenvalue weighted by molar-refractivity contribution is 7.10. The minimum Gasteiger partial charge on any atom is -0.478 e. The summed E-state index contributed by atoms with van der Waals surface area (Å²) in [5.74, 6) is -3.70. The van der Waals surface area contributed by atoms with E-state index in [0.717, 1.165) is 9.78 Å². The van der Waals surface area contributed by atoms with E-state index >= 15 is 0 Å². The smallest absolute Gasteiger partial charge is 0.353 e. The largest absolute Gasteiger partial charge is 0.478 e. The van der Waals surface area contributed by atoms with Gasteiger partial charge in [0.1, 0.15) is 11.7 Å². The predicted molar refractivity (Wildman–Crippen MR) is 82.1 cm³/mol. The molecule has 0 radical (unpaired) electrons. The minimum atomic E-state index is -1.45. The number of amides is 2. The molecule has 0 aromatic carbocycles. The van der Waals surface area contributed by atoms with Crippen LogP contribution in [-0.2, 0) is 25.6 Å². The van der Waals surface area contributed by atoms with Gasteiger partial charge in [0.15, 0.2) is 0 Å². The van der Waals surface area contributed by atoms with Crippen molar-refractivity contribution in [2.75, 3.05) is 0 Å². The zero-order chi connectivity index (χ0) is 17.4. The number of hydrogen-bond donors (Lipinski definition) is 3. The lowest BCUT2D eigenvalue weighted by Gasteiger charge is -2.49. The Bertz CT molecular complexity index is 754. The quantitative estimate of drug-likeness (QED) is 0.652. The van der Waals surface area contributed by atoms with Crippen molar-refractivity contribution < 1.29 is 29.4 Å². The van der Waals surface area contributed by atoms with E-state index in [9.17, 15) is 24.3 Å². The van der Waals surface area contributed by atoms with Crippen molar-refractivity contribution >= 4 is 35.1 Å². The molecule has 1 aromatic heterocycles. The molecule has 3 heterocycles. The van der Waals surface area contributed by atoms with Crippen LogP contribution >= 0.6 is 11.3 Å². The number of thiophene rings is 1. The second-order valence-electron chi connectivity index (χ2n) is 5.55. The van der Waals surface area contributed by atoms with Crippen LogP contribution in [0, 0.1) is 0 Å². The molecule has 3 rings (SSSR count). The molecular weight excluding hydrogens is 336 g/mol. The average Bonchev–Trinajstić information content (AvgIpc) is 3.03. The first-order valence-electron chi connectivity index (χ1n) is 7.24. The molecule has 0 saturated carbocycles. The molecular formula is C15H14N2O6S. The Balaban J connectivity index is 1.73. The number of carboxylic acid groups (broad SMARTS) is 2. The highest BCUT2D eigenvalue weighted by atomic mass is 32.1. The number of nitrogens with one attached hydrogen (secondary N) is 1. The lowest BCUT2D eigenvalue weighted by molar-refractivity contribution is -0.156. The SMILES string of the molecule is O=C(Cc1cccs1)N[C@@H]1C(=O)N2C(C(=O)O)=C(C(=O)O)CC[C@H]12. The summed E-state index contributed by atoms with van der Waals surface area (Å²) in [4.78, 5) is 48.6. The van der Waals surface area contributed by atoms with Crippen LogP contribution in [0.5, 0.6) is 0 Å². The van der Waals surface area contributed by atoms with Crippen LogP contribution in [0.4, 0.5) is 0 Å². The Morgan fingerprint density at radius 1 is 1.29 bits per heavy atom. The molecule has 0 aliphatic carbocycles. The summed E-state index contributed by atoms with van der Waals surface area (Å²) < 4.78 is 0. The molecule has 2 atom stereocenters.